The van der Waals surface area contributed by atoms with Crippen molar-refractivity contribution in [2.24, 2.45) is 0 Å². The number of phenolic OH excluding ortho intramolecular Hbond substituents is 1. The fraction of sp³-hybridized carbons (Fsp3) is 0.133. The Morgan fingerprint density at radius 3 is 2.62 bits per heavy atom. The summed E-state index contributed by atoms with van der Waals surface area (Å²) in [5.74, 6) is -0.178. The van der Waals surface area contributed by atoms with Gasteiger partial charge in [0, 0.05) is 16.3 Å². The number of rotatable bonds is 2. The van der Waals surface area contributed by atoms with Crippen LogP contribution in [0, 0.1) is 5.82 Å². The molecule has 0 spiro atoms. The van der Waals surface area contributed by atoms with E-state index in [4.69, 9.17) is 11.6 Å². The van der Waals surface area contributed by atoms with Gasteiger partial charge in [0.25, 0.3) is 0 Å². The molecule has 2 aromatic carbocycles. The van der Waals surface area contributed by atoms with E-state index in [1.165, 1.54) is 40.9 Å². The summed E-state index contributed by atoms with van der Waals surface area (Å²) in [6, 6.07) is 10.7. The Balaban J connectivity index is 2.05. The fourth-order valence-corrected chi connectivity index (χ4v) is 3.84. The Hall–Kier alpha value is -1.72. The number of amides is 1. The highest BCUT2D eigenvalue weighted by Gasteiger charge is 2.36. The fourth-order valence-electron chi connectivity index (χ4n) is 2.28. The maximum Gasteiger partial charge on any atom is 0.238 e. The number of phenols is 1. The van der Waals surface area contributed by atoms with Crippen LogP contribution in [0.3, 0.4) is 0 Å². The molecule has 21 heavy (non-hydrogen) atoms. The number of anilines is 1. The summed E-state index contributed by atoms with van der Waals surface area (Å²) < 4.78 is 14.1. The Labute approximate surface area is 130 Å². The van der Waals surface area contributed by atoms with Crippen LogP contribution in [0.4, 0.5) is 10.1 Å². The molecule has 108 valence electrons. The molecule has 1 unspecified atom stereocenters. The van der Waals surface area contributed by atoms with Gasteiger partial charge in [-0.25, -0.2) is 4.39 Å². The molecular formula is C15H11ClFNO2S. The third-order valence-electron chi connectivity index (χ3n) is 3.24. The van der Waals surface area contributed by atoms with Gasteiger partial charge in [0.1, 0.15) is 16.9 Å². The summed E-state index contributed by atoms with van der Waals surface area (Å²) in [7, 11) is 0. The average Bonchev–Trinajstić information content (AvgIpc) is 2.82. The summed E-state index contributed by atoms with van der Waals surface area (Å²) in [6.07, 6.45) is 0. The minimum atomic E-state index is -0.504. The van der Waals surface area contributed by atoms with Crippen molar-refractivity contribution in [1.82, 2.24) is 0 Å². The van der Waals surface area contributed by atoms with Crippen LogP contribution >= 0.6 is 23.4 Å². The first-order chi connectivity index (χ1) is 10.1. The monoisotopic (exact) mass is 323 g/mol. The molecule has 1 amide bonds. The van der Waals surface area contributed by atoms with Gasteiger partial charge in [-0.1, -0.05) is 17.7 Å². The molecule has 0 saturated carbocycles. The molecule has 3 rings (SSSR count). The standard InChI is InChI=1S/C15H11ClFNO2S/c16-11-2-1-3-12(17)14(11)15-18(13(20)8-21-15)9-4-6-10(19)7-5-9/h1-7,15,19H,8H2. The second kappa shape index (κ2) is 5.58. The van der Waals surface area contributed by atoms with E-state index in [0.29, 0.717) is 16.3 Å². The lowest BCUT2D eigenvalue weighted by molar-refractivity contribution is -0.115. The first-order valence-corrected chi connectivity index (χ1v) is 7.67. The SMILES string of the molecule is O=C1CSC(c2c(F)cccc2Cl)N1c1ccc(O)cc1. The molecule has 1 aliphatic rings. The van der Waals surface area contributed by atoms with E-state index < -0.39 is 11.2 Å². The summed E-state index contributed by atoms with van der Waals surface area (Å²) >= 11 is 7.43. The van der Waals surface area contributed by atoms with Crippen molar-refractivity contribution in [2.45, 2.75) is 5.37 Å². The quantitative estimate of drug-likeness (QED) is 0.909. The van der Waals surface area contributed by atoms with Crippen molar-refractivity contribution in [1.29, 1.82) is 0 Å². The van der Waals surface area contributed by atoms with E-state index in [1.54, 1.807) is 18.2 Å². The van der Waals surface area contributed by atoms with Gasteiger partial charge in [-0.3, -0.25) is 9.69 Å². The maximum absolute atomic E-state index is 14.1. The highest BCUT2D eigenvalue weighted by molar-refractivity contribution is 8.00. The Kier molecular flexibility index (Phi) is 3.78. The Morgan fingerprint density at radius 2 is 1.95 bits per heavy atom. The van der Waals surface area contributed by atoms with Gasteiger partial charge < -0.3 is 5.11 Å². The zero-order valence-corrected chi connectivity index (χ0v) is 12.4. The number of carbonyl (C=O) groups excluding carboxylic acids is 1. The molecule has 1 atom stereocenters. The van der Waals surface area contributed by atoms with Crippen LogP contribution < -0.4 is 4.90 Å². The van der Waals surface area contributed by atoms with E-state index in [-0.39, 0.29) is 17.4 Å². The Bertz CT molecular complexity index is 672. The molecule has 1 heterocycles. The summed E-state index contributed by atoms with van der Waals surface area (Å²) in [6.45, 7) is 0. The third-order valence-corrected chi connectivity index (χ3v) is 4.75. The second-order valence-corrected chi connectivity index (χ2v) is 6.05. The van der Waals surface area contributed by atoms with Gasteiger partial charge in [-0.15, -0.1) is 11.8 Å². The van der Waals surface area contributed by atoms with Gasteiger partial charge in [-0.2, -0.15) is 0 Å². The minimum absolute atomic E-state index is 0.110. The summed E-state index contributed by atoms with van der Waals surface area (Å²) in [5, 5.41) is 9.14. The first-order valence-electron chi connectivity index (χ1n) is 6.24. The molecule has 1 fully saturated rings. The summed E-state index contributed by atoms with van der Waals surface area (Å²) in [4.78, 5) is 13.7. The number of halogens is 2. The molecule has 2 aromatic rings. The predicted octanol–water partition coefficient (Wildman–Crippen LogP) is 3.96. The highest BCUT2D eigenvalue weighted by atomic mass is 35.5. The number of hydrogen-bond donors (Lipinski definition) is 1. The maximum atomic E-state index is 14.1. The van der Waals surface area contributed by atoms with Gasteiger partial charge in [0.2, 0.25) is 5.91 Å². The van der Waals surface area contributed by atoms with E-state index >= 15 is 0 Å². The molecule has 1 aliphatic heterocycles. The lowest BCUT2D eigenvalue weighted by Crippen LogP contribution is -2.28. The van der Waals surface area contributed by atoms with Crippen LogP contribution in [-0.2, 0) is 4.79 Å². The van der Waals surface area contributed by atoms with E-state index in [0.717, 1.165) is 0 Å². The normalized spacial score (nSPS) is 18.3. The molecule has 3 nitrogen and oxygen atoms in total. The van der Waals surface area contributed by atoms with Crippen LogP contribution in [0.5, 0.6) is 5.75 Å². The molecule has 0 radical (unpaired) electrons. The average molecular weight is 324 g/mol. The van der Waals surface area contributed by atoms with Crippen LogP contribution in [0.15, 0.2) is 42.5 Å². The van der Waals surface area contributed by atoms with E-state index in [1.807, 2.05) is 0 Å². The second-order valence-electron chi connectivity index (χ2n) is 4.58. The van der Waals surface area contributed by atoms with E-state index in [9.17, 15) is 14.3 Å². The van der Waals surface area contributed by atoms with Gasteiger partial charge >= 0.3 is 0 Å². The molecule has 0 aliphatic carbocycles. The van der Waals surface area contributed by atoms with Gasteiger partial charge in [0.15, 0.2) is 0 Å². The smallest absolute Gasteiger partial charge is 0.238 e. The van der Waals surface area contributed by atoms with Crippen LogP contribution in [0.1, 0.15) is 10.9 Å². The number of carbonyl (C=O) groups is 1. The molecule has 6 heteroatoms. The zero-order valence-electron chi connectivity index (χ0n) is 10.8. The lowest BCUT2D eigenvalue weighted by Gasteiger charge is -2.25. The molecular weight excluding hydrogens is 313 g/mol. The van der Waals surface area contributed by atoms with E-state index in [2.05, 4.69) is 0 Å². The number of nitrogens with zero attached hydrogens (tertiary/aromatic N) is 1. The number of aromatic hydroxyl groups is 1. The van der Waals surface area contributed by atoms with Crippen LogP contribution in [0.2, 0.25) is 5.02 Å². The first kappa shape index (κ1) is 14.2. The van der Waals surface area contributed by atoms with Crippen molar-refractivity contribution < 1.29 is 14.3 Å². The van der Waals surface area contributed by atoms with Crippen LogP contribution in [0.25, 0.3) is 0 Å². The van der Waals surface area contributed by atoms with Gasteiger partial charge in [0.05, 0.1) is 5.75 Å². The molecule has 0 aromatic heterocycles. The Morgan fingerprint density at radius 1 is 1.24 bits per heavy atom. The summed E-state index contributed by atoms with van der Waals surface area (Å²) in [5.41, 5.74) is 0.912. The zero-order chi connectivity index (χ0) is 15.0. The number of benzene rings is 2. The lowest BCUT2D eigenvalue weighted by atomic mass is 10.1. The minimum Gasteiger partial charge on any atom is -0.508 e. The third kappa shape index (κ3) is 2.59. The molecule has 1 saturated heterocycles. The van der Waals surface area contributed by atoms with Crippen molar-refractivity contribution in [3.05, 3.63) is 58.9 Å². The van der Waals surface area contributed by atoms with Crippen LogP contribution in [-0.4, -0.2) is 16.8 Å². The van der Waals surface area contributed by atoms with Crippen molar-refractivity contribution in [3.63, 3.8) is 0 Å². The highest BCUT2D eigenvalue weighted by Crippen LogP contribution is 2.45. The molecule has 1 N–H and O–H groups in total. The largest absolute Gasteiger partial charge is 0.508 e. The van der Waals surface area contributed by atoms with Crippen molar-refractivity contribution >= 4 is 35.0 Å². The van der Waals surface area contributed by atoms with Crippen molar-refractivity contribution in [2.75, 3.05) is 10.7 Å². The number of hydrogen-bond acceptors (Lipinski definition) is 3. The van der Waals surface area contributed by atoms with Crippen molar-refractivity contribution in [3.8, 4) is 5.75 Å². The number of thioether (sulfide) groups is 1. The topological polar surface area (TPSA) is 40.5 Å². The predicted molar refractivity (Wildman–Crippen MR) is 82.2 cm³/mol. The molecule has 0 bridgehead atoms. The van der Waals surface area contributed by atoms with Gasteiger partial charge in [-0.05, 0) is 36.4 Å².